The monoisotopic (exact) mass is 207 g/mol. The Morgan fingerprint density at radius 2 is 2.47 bits per heavy atom. The molecule has 0 radical (unpaired) electrons. The van der Waals surface area contributed by atoms with Crippen LogP contribution in [0.25, 0.3) is 0 Å². The van der Waals surface area contributed by atoms with Gasteiger partial charge >= 0.3 is 6.09 Å². The molecule has 0 bridgehead atoms. The number of allylic oxidation sites excluding steroid dienone is 4. The van der Waals surface area contributed by atoms with Gasteiger partial charge in [-0.2, -0.15) is 0 Å². The summed E-state index contributed by atoms with van der Waals surface area (Å²) in [6.07, 6.45) is 8.28. The minimum atomic E-state index is -0.238. The first-order chi connectivity index (χ1) is 7.19. The average molecular weight is 207 g/mol. The van der Waals surface area contributed by atoms with E-state index >= 15 is 0 Å². The number of likely N-dealkylation sites (N-methyl/N-ethyl adjacent to an activating group) is 1. The second-order valence-corrected chi connectivity index (χ2v) is 3.52. The van der Waals surface area contributed by atoms with E-state index in [4.69, 9.17) is 4.74 Å². The van der Waals surface area contributed by atoms with Crippen LogP contribution >= 0.6 is 0 Å². The molecule has 1 unspecified atom stereocenters. The first-order valence-corrected chi connectivity index (χ1v) is 5.03. The van der Waals surface area contributed by atoms with Crippen LogP contribution in [-0.2, 0) is 4.74 Å². The Morgan fingerprint density at radius 1 is 1.73 bits per heavy atom. The van der Waals surface area contributed by atoms with Gasteiger partial charge in [0.2, 0.25) is 0 Å². The molecule has 1 rings (SSSR count). The zero-order valence-electron chi connectivity index (χ0n) is 9.27. The van der Waals surface area contributed by atoms with E-state index in [1.54, 1.807) is 18.0 Å². The molecule has 0 saturated carbocycles. The average Bonchev–Trinajstić information content (AvgIpc) is 2.51. The summed E-state index contributed by atoms with van der Waals surface area (Å²) in [5, 5.41) is 0. The third-order valence-electron chi connectivity index (χ3n) is 2.42. The van der Waals surface area contributed by atoms with E-state index in [0.29, 0.717) is 6.61 Å². The van der Waals surface area contributed by atoms with Gasteiger partial charge in [-0.1, -0.05) is 30.9 Å². The molecule has 1 fully saturated rings. The van der Waals surface area contributed by atoms with Crippen molar-refractivity contribution in [2.75, 3.05) is 13.7 Å². The largest absolute Gasteiger partial charge is 0.447 e. The quantitative estimate of drug-likeness (QED) is 0.663. The Bertz CT molecular complexity index is 305. The predicted molar refractivity (Wildman–Crippen MR) is 60.6 cm³/mol. The maximum absolute atomic E-state index is 11.1. The minimum Gasteiger partial charge on any atom is -0.447 e. The summed E-state index contributed by atoms with van der Waals surface area (Å²) in [4.78, 5) is 12.8. The lowest BCUT2D eigenvalue weighted by molar-refractivity contribution is 0.163. The van der Waals surface area contributed by atoms with Crippen LogP contribution < -0.4 is 0 Å². The van der Waals surface area contributed by atoms with E-state index in [1.165, 1.54) is 0 Å². The first kappa shape index (κ1) is 11.6. The van der Waals surface area contributed by atoms with Gasteiger partial charge in [0.05, 0.1) is 6.04 Å². The van der Waals surface area contributed by atoms with Crippen molar-refractivity contribution in [3.8, 4) is 0 Å². The van der Waals surface area contributed by atoms with Crippen LogP contribution in [-0.4, -0.2) is 30.7 Å². The van der Waals surface area contributed by atoms with E-state index in [1.807, 2.05) is 25.2 Å². The molecular formula is C12H17NO2. The van der Waals surface area contributed by atoms with Crippen molar-refractivity contribution in [2.45, 2.75) is 19.4 Å². The topological polar surface area (TPSA) is 29.5 Å². The van der Waals surface area contributed by atoms with Gasteiger partial charge in [0.1, 0.15) is 6.61 Å². The number of carbonyl (C=O) groups is 1. The molecule has 0 N–H and O–H groups in total. The van der Waals surface area contributed by atoms with Crippen molar-refractivity contribution < 1.29 is 9.53 Å². The van der Waals surface area contributed by atoms with Crippen LogP contribution in [0.2, 0.25) is 0 Å². The second-order valence-electron chi connectivity index (χ2n) is 3.52. The van der Waals surface area contributed by atoms with Gasteiger partial charge in [-0.3, -0.25) is 0 Å². The lowest BCUT2D eigenvalue weighted by Gasteiger charge is -2.16. The van der Waals surface area contributed by atoms with Crippen molar-refractivity contribution in [3.05, 3.63) is 36.5 Å². The highest BCUT2D eigenvalue weighted by Gasteiger charge is 2.29. The summed E-state index contributed by atoms with van der Waals surface area (Å²) in [5.74, 6) is 0. The van der Waals surface area contributed by atoms with E-state index in [9.17, 15) is 4.79 Å². The van der Waals surface area contributed by atoms with Crippen LogP contribution in [0.15, 0.2) is 36.5 Å². The second kappa shape index (κ2) is 5.39. The summed E-state index contributed by atoms with van der Waals surface area (Å²) in [6.45, 7) is 6.11. The van der Waals surface area contributed by atoms with E-state index in [0.717, 1.165) is 12.0 Å². The van der Waals surface area contributed by atoms with Crippen LogP contribution in [0.5, 0.6) is 0 Å². The van der Waals surface area contributed by atoms with Crippen molar-refractivity contribution in [2.24, 2.45) is 0 Å². The lowest BCUT2D eigenvalue weighted by atomic mass is 10.1. The molecule has 3 heteroatoms. The van der Waals surface area contributed by atoms with E-state index < -0.39 is 0 Å². The van der Waals surface area contributed by atoms with Crippen molar-refractivity contribution in [1.29, 1.82) is 0 Å². The molecule has 3 nitrogen and oxygen atoms in total. The molecule has 0 aromatic carbocycles. The fraction of sp³-hybridized carbons (Fsp3) is 0.417. The van der Waals surface area contributed by atoms with Gasteiger partial charge in [0, 0.05) is 7.05 Å². The first-order valence-electron chi connectivity index (χ1n) is 5.03. The number of amides is 1. The van der Waals surface area contributed by atoms with Gasteiger partial charge < -0.3 is 9.64 Å². The smallest absolute Gasteiger partial charge is 0.409 e. The summed E-state index contributed by atoms with van der Waals surface area (Å²) in [7, 11) is 1.77. The summed E-state index contributed by atoms with van der Waals surface area (Å²) < 4.78 is 4.94. The van der Waals surface area contributed by atoms with E-state index in [2.05, 4.69) is 6.58 Å². The molecule has 0 aromatic rings. The summed E-state index contributed by atoms with van der Waals surface area (Å²) in [5.41, 5.74) is 1.16. The zero-order chi connectivity index (χ0) is 11.3. The Balaban J connectivity index is 2.63. The van der Waals surface area contributed by atoms with Crippen molar-refractivity contribution in [1.82, 2.24) is 4.90 Å². The molecular weight excluding hydrogens is 190 g/mol. The van der Waals surface area contributed by atoms with Crippen LogP contribution in [0, 0.1) is 0 Å². The maximum atomic E-state index is 11.1. The molecule has 0 spiro atoms. The van der Waals surface area contributed by atoms with Crippen LogP contribution in [0.1, 0.15) is 13.3 Å². The molecule has 1 aliphatic rings. The van der Waals surface area contributed by atoms with Crippen molar-refractivity contribution >= 4 is 6.09 Å². The van der Waals surface area contributed by atoms with Gasteiger partial charge in [-0.25, -0.2) is 4.79 Å². The van der Waals surface area contributed by atoms with Gasteiger partial charge in [0.25, 0.3) is 0 Å². The number of hydrogen-bond donors (Lipinski definition) is 0. The maximum Gasteiger partial charge on any atom is 0.409 e. The molecule has 0 aromatic heterocycles. The number of hydrogen-bond acceptors (Lipinski definition) is 2. The highest BCUT2D eigenvalue weighted by molar-refractivity contribution is 5.69. The SMILES string of the molecule is C=C/C=C(\C=C/C)CC1COC(=O)N1C. The highest BCUT2D eigenvalue weighted by Crippen LogP contribution is 2.18. The normalized spacial score (nSPS) is 22.3. The molecule has 1 heterocycles. The summed E-state index contributed by atoms with van der Waals surface area (Å²) >= 11 is 0. The zero-order valence-corrected chi connectivity index (χ0v) is 9.27. The Hall–Kier alpha value is -1.51. The lowest BCUT2D eigenvalue weighted by Crippen LogP contribution is -2.29. The third kappa shape index (κ3) is 2.98. The molecule has 1 saturated heterocycles. The molecule has 1 atom stereocenters. The number of ether oxygens (including phenoxy) is 1. The predicted octanol–water partition coefficient (Wildman–Crippen LogP) is 2.52. The van der Waals surface area contributed by atoms with E-state index in [-0.39, 0.29) is 12.1 Å². The highest BCUT2D eigenvalue weighted by atomic mass is 16.6. The summed E-state index contributed by atoms with van der Waals surface area (Å²) in [6, 6.07) is 0.139. The number of cyclic esters (lactones) is 1. The van der Waals surface area contributed by atoms with Crippen molar-refractivity contribution in [3.63, 3.8) is 0 Å². The number of nitrogens with zero attached hydrogens (tertiary/aromatic N) is 1. The van der Waals surface area contributed by atoms with Crippen LogP contribution in [0.4, 0.5) is 4.79 Å². The molecule has 82 valence electrons. The molecule has 0 aliphatic carbocycles. The van der Waals surface area contributed by atoms with Gasteiger partial charge in [-0.05, 0) is 18.9 Å². The van der Waals surface area contributed by atoms with Gasteiger partial charge in [-0.15, -0.1) is 0 Å². The Labute approximate surface area is 90.7 Å². The standard InChI is InChI=1S/C12H17NO2/c1-4-6-10(7-5-2)8-11-9-15-12(14)13(11)3/h4-7,11H,1,8-9H2,2-3H3/b7-5-,10-6+. The fourth-order valence-corrected chi connectivity index (χ4v) is 1.56. The molecule has 1 aliphatic heterocycles. The molecule has 15 heavy (non-hydrogen) atoms. The Morgan fingerprint density at radius 3 is 2.93 bits per heavy atom. The third-order valence-corrected chi connectivity index (χ3v) is 2.42. The number of carbonyl (C=O) groups excluding carboxylic acids is 1. The molecule has 1 amide bonds. The minimum absolute atomic E-state index is 0.139. The van der Waals surface area contributed by atoms with Crippen LogP contribution in [0.3, 0.4) is 0 Å². The fourth-order valence-electron chi connectivity index (χ4n) is 1.56. The Kier molecular flexibility index (Phi) is 4.16. The number of rotatable bonds is 4. The van der Waals surface area contributed by atoms with Gasteiger partial charge in [0.15, 0.2) is 0 Å².